The van der Waals surface area contributed by atoms with Crippen LogP contribution in [0.15, 0.2) is 42.5 Å². The quantitative estimate of drug-likeness (QED) is 0.818. The normalized spacial score (nSPS) is 10.6. The van der Waals surface area contributed by atoms with Crippen molar-refractivity contribution >= 4 is 0 Å². The summed E-state index contributed by atoms with van der Waals surface area (Å²) >= 11 is 0. The summed E-state index contributed by atoms with van der Waals surface area (Å²) in [5.41, 5.74) is 10.6. The minimum Gasteiger partial charge on any atom is -0.489 e. The highest BCUT2D eigenvalue weighted by molar-refractivity contribution is 5.32. The van der Waals surface area contributed by atoms with Crippen LogP contribution >= 0.6 is 0 Å². The van der Waals surface area contributed by atoms with Gasteiger partial charge < -0.3 is 10.5 Å². The van der Waals surface area contributed by atoms with Gasteiger partial charge in [-0.3, -0.25) is 0 Å². The van der Waals surface area contributed by atoms with Crippen LogP contribution in [0.25, 0.3) is 0 Å². The number of hydrogen-bond donors (Lipinski definition) is 1. The number of benzene rings is 2. The van der Waals surface area contributed by atoms with Gasteiger partial charge in [0.2, 0.25) is 0 Å². The fraction of sp³-hybridized carbons (Fsp3) is 0.368. The van der Waals surface area contributed by atoms with Crippen molar-refractivity contribution in [3.8, 4) is 5.75 Å². The van der Waals surface area contributed by atoms with Crippen LogP contribution in [0.1, 0.15) is 42.0 Å². The fourth-order valence-corrected chi connectivity index (χ4v) is 2.34. The van der Waals surface area contributed by atoms with E-state index in [1.54, 1.807) is 0 Å². The van der Waals surface area contributed by atoms with Crippen molar-refractivity contribution in [3.05, 3.63) is 64.7 Å². The Bertz CT molecular complexity index is 560. The molecular weight excluding hydrogens is 258 g/mol. The van der Waals surface area contributed by atoms with Gasteiger partial charge in [0.15, 0.2) is 0 Å². The molecule has 2 nitrogen and oxygen atoms in total. The molecule has 21 heavy (non-hydrogen) atoms. The van der Waals surface area contributed by atoms with Gasteiger partial charge in [-0.1, -0.05) is 43.7 Å². The second kappa shape index (κ2) is 7.84. The van der Waals surface area contributed by atoms with E-state index in [0.717, 1.165) is 17.7 Å². The third-order valence-corrected chi connectivity index (χ3v) is 3.78. The van der Waals surface area contributed by atoms with Gasteiger partial charge in [-0.05, 0) is 54.2 Å². The summed E-state index contributed by atoms with van der Waals surface area (Å²) in [5, 5.41) is 0. The molecule has 0 aliphatic heterocycles. The molecule has 0 aromatic heterocycles. The van der Waals surface area contributed by atoms with Crippen LogP contribution < -0.4 is 10.5 Å². The lowest BCUT2D eigenvalue weighted by Gasteiger charge is -2.10. The Kier molecular flexibility index (Phi) is 5.82. The highest BCUT2D eigenvalue weighted by Gasteiger charge is 2.01. The molecule has 0 radical (unpaired) electrons. The maximum atomic E-state index is 5.87. The molecule has 2 aromatic rings. The minimum absolute atomic E-state index is 0.585. The summed E-state index contributed by atoms with van der Waals surface area (Å²) in [6, 6.07) is 14.8. The van der Waals surface area contributed by atoms with Crippen LogP contribution in [0, 0.1) is 6.92 Å². The minimum atomic E-state index is 0.585. The average Bonchev–Trinajstić information content (AvgIpc) is 2.52. The van der Waals surface area contributed by atoms with E-state index in [-0.39, 0.29) is 0 Å². The Morgan fingerprint density at radius 1 is 1.00 bits per heavy atom. The second-order valence-corrected chi connectivity index (χ2v) is 5.50. The van der Waals surface area contributed by atoms with Crippen LogP contribution in [0.2, 0.25) is 0 Å². The number of ether oxygens (including phenoxy) is 1. The first kappa shape index (κ1) is 15.6. The highest BCUT2D eigenvalue weighted by Crippen LogP contribution is 2.17. The first-order valence-electron chi connectivity index (χ1n) is 7.73. The fourth-order valence-electron chi connectivity index (χ4n) is 2.34. The van der Waals surface area contributed by atoms with Gasteiger partial charge in [-0.15, -0.1) is 0 Å². The molecule has 0 fully saturated rings. The van der Waals surface area contributed by atoms with Crippen molar-refractivity contribution in [2.45, 2.75) is 46.3 Å². The first-order chi connectivity index (χ1) is 10.2. The standard InChI is InChI=1S/C19H25NO/c1-3-4-5-16-7-10-19(11-8-16)21-14-18-9-6-17(13-20)12-15(18)2/h6-12H,3-5,13-14,20H2,1-2H3. The zero-order valence-electron chi connectivity index (χ0n) is 13.1. The molecule has 0 aliphatic rings. The van der Waals surface area contributed by atoms with E-state index in [1.165, 1.54) is 29.5 Å². The van der Waals surface area contributed by atoms with E-state index < -0.39 is 0 Å². The van der Waals surface area contributed by atoms with Crippen LogP contribution in [0.3, 0.4) is 0 Å². The number of unbranched alkanes of at least 4 members (excludes halogenated alkanes) is 1. The van der Waals surface area contributed by atoms with Crippen molar-refractivity contribution in [3.63, 3.8) is 0 Å². The van der Waals surface area contributed by atoms with Gasteiger partial charge in [-0.2, -0.15) is 0 Å². The Morgan fingerprint density at radius 2 is 1.71 bits per heavy atom. The molecule has 0 saturated heterocycles. The number of nitrogens with two attached hydrogens (primary N) is 1. The molecule has 112 valence electrons. The SMILES string of the molecule is CCCCc1ccc(OCc2ccc(CN)cc2C)cc1. The van der Waals surface area contributed by atoms with E-state index in [9.17, 15) is 0 Å². The molecule has 0 atom stereocenters. The molecule has 2 rings (SSSR count). The molecule has 0 saturated carbocycles. The van der Waals surface area contributed by atoms with Gasteiger partial charge in [0.25, 0.3) is 0 Å². The van der Waals surface area contributed by atoms with Gasteiger partial charge in [0.1, 0.15) is 12.4 Å². The first-order valence-corrected chi connectivity index (χ1v) is 7.73. The smallest absolute Gasteiger partial charge is 0.119 e. The van der Waals surface area contributed by atoms with E-state index >= 15 is 0 Å². The predicted octanol–water partition coefficient (Wildman–Crippen LogP) is 4.38. The summed E-state index contributed by atoms with van der Waals surface area (Å²) in [6.45, 7) is 5.51. The zero-order chi connectivity index (χ0) is 15.1. The summed E-state index contributed by atoms with van der Waals surface area (Å²) < 4.78 is 5.87. The lowest BCUT2D eigenvalue weighted by molar-refractivity contribution is 0.305. The van der Waals surface area contributed by atoms with Crippen molar-refractivity contribution < 1.29 is 4.74 Å². The van der Waals surface area contributed by atoms with Crippen molar-refractivity contribution in [2.75, 3.05) is 0 Å². The Morgan fingerprint density at radius 3 is 2.33 bits per heavy atom. The van der Waals surface area contributed by atoms with Crippen molar-refractivity contribution in [2.24, 2.45) is 5.73 Å². The van der Waals surface area contributed by atoms with Gasteiger partial charge >= 0.3 is 0 Å². The van der Waals surface area contributed by atoms with Gasteiger partial charge in [0.05, 0.1) is 0 Å². The number of aryl methyl sites for hydroxylation is 2. The zero-order valence-corrected chi connectivity index (χ0v) is 13.1. The van der Waals surface area contributed by atoms with Gasteiger partial charge in [-0.25, -0.2) is 0 Å². The largest absolute Gasteiger partial charge is 0.489 e. The Labute approximate surface area is 127 Å². The molecule has 0 aliphatic carbocycles. The van der Waals surface area contributed by atoms with Crippen molar-refractivity contribution in [1.29, 1.82) is 0 Å². The third kappa shape index (κ3) is 4.61. The van der Waals surface area contributed by atoms with E-state index in [2.05, 4.69) is 56.3 Å². The van der Waals surface area contributed by atoms with Crippen LogP contribution in [0.5, 0.6) is 5.75 Å². The molecule has 0 heterocycles. The second-order valence-electron chi connectivity index (χ2n) is 5.50. The van der Waals surface area contributed by atoms with E-state index in [4.69, 9.17) is 10.5 Å². The summed E-state index contributed by atoms with van der Waals surface area (Å²) in [7, 11) is 0. The Balaban J connectivity index is 1.93. The van der Waals surface area contributed by atoms with Gasteiger partial charge in [0, 0.05) is 6.54 Å². The van der Waals surface area contributed by atoms with Crippen LogP contribution in [-0.4, -0.2) is 0 Å². The highest BCUT2D eigenvalue weighted by atomic mass is 16.5. The summed E-state index contributed by atoms with van der Waals surface area (Å²) in [6.07, 6.45) is 3.62. The van der Waals surface area contributed by atoms with Crippen molar-refractivity contribution in [1.82, 2.24) is 0 Å². The molecule has 0 amide bonds. The van der Waals surface area contributed by atoms with Crippen LogP contribution in [0.4, 0.5) is 0 Å². The van der Waals surface area contributed by atoms with E-state index in [0.29, 0.717) is 13.2 Å². The molecule has 0 spiro atoms. The predicted molar refractivity (Wildman–Crippen MR) is 88.5 cm³/mol. The monoisotopic (exact) mass is 283 g/mol. The number of hydrogen-bond acceptors (Lipinski definition) is 2. The topological polar surface area (TPSA) is 35.2 Å². The molecular formula is C19H25NO. The molecule has 0 unspecified atom stereocenters. The van der Waals surface area contributed by atoms with E-state index in [1.807, 2.05) is 0 Å². The molecule has 0 bridgehead atoms. The molecule has 2 N–H and O–H groups in total. The maximum Gasteiger partial charge on any atom is 0.119 e. The maximum absolute atomic E-state index is 5.87. The third-order valence-electron chi connectivity index (χ3n) is 3.78. The molecule has 2 aromatic carbocycles. The molecule has 2 heteroatoms. The Hall–Kier alpha value is -1.80. The number of rotatable bonds is 7. The average molecular weight is 283 g/mol. The summed E-state index contributed by atoms with van der Waals surface area (Å²) in [5.74, 6) is 0.928. The lowest BCUT2D eigenvalue weighted by atomic mass is 10.1. The summed E-state index contributed by atoms with van der Waals surface area (Å²) in [4.78, 5) is 0. The lowest BCUT2D eigenvalue weighted by Crippen LogP contribution is -2.01. The van der Waals surface area contributed by atoms with Crippen LogP contribution in [-0.2, 0) is 19.6 Å².